The Labute approximate surface area is 162 Å². The Morgan fingerprint density at radius 3 is 2.54 bits per heavy atom. The van der Waals surface area contributed by atoms with Crippen LogP contribution in [0.1, 0.15) is 13.8 Å². The van der Waals surface area contributed by atoms with Crippen molar-refractivity contribution in [1.29, 1.82) is 0 Å². The van der Waals surface area contributed by atoms with E-state index in [1.807, 2.05) is 4.90 Å². The maximum Gasteiger partial charge on any atom is 0.411 e. The number of anilines is 2. The number of halogens is 1. The first-order chi connectivity index (χ1) is 13.3. The van der Waals surface area contributed by atoms with E-state index in [4.69, 9.17) is 9.47 Å². The summed E-state index contributed by atoms with van der Waals surface area (Å²) < 4.78 is 24.9. The van der Waals surface area contributed by atoms with Crippen LogP contribution in [0.3, 0.4) is 0 Å². The number of carbonyl (C=O) groups is 3. The lowest BCUT2D eigenvalue weighted by molar-refractivity contribution is -0.146. The number of amides is 2. The van der Waals surface area contributed by atoms with Crippen molar-refractivity contribution in [2.24, 2.45) is 0 Å². The first kappa shape index (κ1) is 21.4. The third kappa shape index (κ3) is 6.08. The van der Waals surface area contributed by atoms with E-state index >= 15 is 0 Å². The predicted octanol–water partition coefficient (Wildman–Crippen LogP) is 1.21. The number of morpholine rings is 1. The minimum Gasteiger partial charge on any atom is -0.465 e. The molecular formula is C18H24FN3O6. The maximum atomic E-state index is 14.6. The zero-order valence-corrected chi connectivity index (χ0v) is 15.8. The Bertz CT molecular complexity index is 723. The molecule has 0 aliphatic carbocycles. The second-order valence-corrected chi connectivity index (χ2v) is 6.30. The quantitative estimate of drug-likeness (QED) is 0.666. The summed E-state index contributed by atoms with van der Waals surface area (Å²) in [5, 5.41) is 12.0. The number of nitrogens with one attached hydrogen (secondary N) is 1. The average Bonchev–Trinajstić information content (AvgIpc) is 2.63. The SMILES string of the molecule is CC(=O)NCC(CN(C(=O)O)c1ccc(N2CCOCC2)c(F)c1)OC(C)=O. The number of hydrogen-bond acceptors (Lipinski definition) is 6. The van der Waals surface area contributed by atoms with E-state index in [0.717, 1.165) is 11.0 Å². The fourth-order valence-corrected chi connectivity index (χ4v) is 2.86. The largest absolute Gasteiger partial charge is 0.465 e. The summed E-state index contributed by atoms with van der Waals surface area (Å²) in [6.45, 7) is 4.24. The molecule has 1 heterocycles. The number of carboxylic acid groups (broad SMARTS) is 1. The van der Waals surface area contributed by atoms with E-state index in [2.05, 4.69) is 5.32 Å². The highest BCUT2D eigenvalue weighted by molar-refractivity contribution is 5.86. The van der Waals surface area contributed by atoms with Gasteiger partial charge < -0.3 is 24.8 Å². The van der Waals surface area contributed by atoms with E-state index in [1.54, 1.807) is 0 Å². The molecule has 0 aromatic heterocycles. The van der Waals surface area contributed by atoms with E-state index < -0.39 is 24.0 Å². The minimum atomic E-state index is -1.33. The molecular weight excluding hydrogens is 373 g/mol. The van der Waals surface area contributed by atoms with E-state index in [-0.39, 0.29) is 24.7 Å². The molecule has 1 saturated heterocycles. The normalized spacial score (nSPS) is 14.9. The Balaban J connectivity index is 2.19. The van der Waals surface area contributed by atoms with Crippen LogP contribution in [-0.4, -0.2) is 68.6 Å². The summed E-state index contributed by atoms with van der Waals surface area (Å²) in [4.78, 5) is 36.8. The Kier molecular flexibility index (Phi) is 7.56. The molecule has 2 rings (SSSR count). The lowest BCUT2D eigenvalue weighted by Crippen LogP contribution is -2.44. The molecule has 0 radical (unpaired) electrons. The number of nitrogens with zero attached hydrogens (tertiary/aromatic N) is 2. The van der Waals surface area contributed by atoms with Crippen LogP contribution >= 0.6 is 0 Å². The standard InChI is InChI=1S/C18H24FN3O6/c1-12(23)20-10-15(28-13(2)24)11-22(18(25)26)14-3-4-17(16(19)9-14)21-5-7-27-8-6-21/h3-4,9,15H,5-8,10-11H2,1-2H3,(H,20,23)(H,25,26). The Morgan fingerprint density at radius 1 is 1.32 bits per heavy atom. The molecule has 0 spiro atoms. The van der Waals surface area contributed by atoms with Gasteiger partial charge in [-0.3, -0.25) is 14.5 Å². The first-order valence-electron chi connectivity index (χ1n) is 8.82. The molecule has 1 aliphatic rings. The van der Waals surface area contributed by atoms with Crippen LogP contribution in [0.5, 0.6) is 0 Å². The number of benzene rings is 1. The van der Waals surface area contributed by atoms with Crippen molar-refractivity contribution in [3.8, 4) is 0 Å². The molecule has 154 valence electrons. The molecule has 2 amide bonds. The molecule has 1 aromatic carbocycles. The fourth-order valence-electron chi connectivity index (χ4n) is 2.86. The van der Waals surface area contributed by atoms with Crippen LogP contribution in [0.2, 0.25) is 0 Å². The lowest BCUT2D eigenvalue weighted by Gasteiger charge is -2.30. The molecule has 0 saturated carbocycles. The van der Waals surface area contributed by atoms with Crippen LogP contribution in [0.4, 0.5) is 20.6 Å². The summed E-state index contributed by atoms with van der Waals surface area (Å²) in [5.41, 5.74) is 0.467. The van der Waals surface area contributed by atoms with Gasteiger partial charge in [-0.25, -0.2) is 9.18 Å². The Morgan fingerprint density at radius 2 is 2.00 bits per heavy atom. The van der Waals surface area contributed by atoms with E-state index in [9.17, 15) is 23.9 Å². The molecule has 10 heteroatoms. The van der Waals surface area contributed by atoms with Crippen LogP contribution in [-0.2, 0) is 19.1 Å². The monoisotopic (exact) mass is 397 g/mol. The highest BCUT2D eigenvalue weighted by Gasteiger charge is 2.24. The maximum absolute atomic E-state index is 14.6. The second-order valence-electron chi connectivity index (χ2n) is 6.30. The van der Waals surface area contributed by atoms with Crippen molar-refractivity contribution in [3.63, 3.8) is 0 Å². The fraction of sp³-hybridized carbons (Fsp3) is 0.500. The summed E-state index contributed by atoms with van der Waals surface area (Å²) in [6.07, 6.45) is -2.25. The van der Waals surface area contributed by atoms with Gasteiger partial charge in [-0.15, -0.1) is 0 Å². The topological polar surface area (TPSA) is 108 Å². The zero-order chi connectivity index (χ0) is 20.7. The number of ether oxygens (including phenoxy) is 2. The number of rotatable bonds is 7. The van der Waals surface area contributed by atoms with Crippen molar-refractivity contribution in [2.45, 2.75) is 20.0 Å². The number of hydrogen-bond donors (Lipinski definition) is 2. The first-order valence-corrected chi connectivity index (χ1v) is 8.82. The van der Waals surface area contributed by atoms with E-state index in [0.29, 0.717) is 32.0 Å². The molecule has 9 nitrogen and oxygen atoms in total. The molecule has 2 N–H and O–H groups in total. The third-order valence-electron chi connectivity index (χ3n) is 4.12. The van der Waals surface area contributed by atoms with Gasteiger partial charge in [-0.05, 0) is 18.2 Å². The van der Waals surface area contributed by atoms with Gasteiger partial charge in [0.05, 0.1) is 37.7 Å². The van der Waals surface area contributed by atoms with Crippen molar-refractivity contribution in [3.05, 3.63) is 24.0 Å². The van der Waals surface area contributed by atoms with Crippen LogP contribution in [0, 0.1) is 5.82 Å². The molecule has 1 atom stereocenters. The van der Waals surface area contributed by atoms with Gasteiger partial charge in [0.1, 0.15) is 11.9 Å². The van der Waals surface area contributed by atoms with Gasteiger partial charge in [0.25, 0.3) is 0 Å². The van der Waals surface area contributed by atoms with Gasteiger partial charge in [0.2, 0.25) is 5.91 Å². The summed E-state index contributed by atoms with van der Waals surface area (Å²) in [7, 11) is 0. The minimum absolute atomic E-state index is 0.0625. The second kappa shape index (κ2) is 9.88. The van der Waals surface area contributed by atoms with Crippen molar-refractivity contribution < 1.29 is 33.4 Å². The molecule has 1 fully saturated rings. The summed E-state index contributed by atoms with van der Waals surface area (Å²) in [5.74, 6) is -1.52. The molecule has 0 bridgehead atoms. The van der Waals surface area contributed by atoms with Gasteiger partial charge in [0.15, 0.2) is 0 Å². The molecule has 1 unspecified atom stereocenters. The lowest BCUT2D eigenvalue weighted by atomic mass is 10.2. The third-order valence-corrected chi connectivity index (χ3v) is 4.12. The zero-order valence-electron chi connectivity index (χ0n) is 15.8. The van der Waals surface area contributed by atoms with Gasteiger partial charge >= 0.3 is 12.1 Å². The highest BCUT2D eigenvalue weighted by Crippen LogP contribution is 2.26. The van der Waals surface area contributed by atoms with E-state index in [1.165, 1.54) is 26.0 Å². The van der Waals surface area contributed by atoms with Crippen LogP contribution in [0.15, 0.2) is 18.2 Å². The molecule has 28 heavy (non-hydrogen) atoms. The predicted molar refractivity (Wildman–Crippen MR) is 99.0 cm³/mol. The van der Waals surface area contributed by atoms with Gasteiger partial charge in [0, 0.05) is 26.9 Å². The average molecular weight is 397 g/mol. The van der Waals surface area contributed by atoms with Crippen molar-refractivity contribution in [1.82, 2.24) is 5.32 Å². The van der Waals surface area contributed by atoms with Gasteiger partial charge in [-0.1, -0.05) is 0 Å². The molecule has 1 aliphatic heterocycles. The van der Waals surface area contributed by atoms with Crippen molar-refractivity contribution >= 4 is 29.3 Å². The van der Waals surface area contributed by atoms with Crippen LogP contribution in [0.25, 0.3) is 0 Å². The van der Waals surface area contributed by atoms with Gasteiger partial charge in [-0.2, -0.15) is 0 Å². The van der Waals surface area contributed by atoms with Crippen molar-refractivity contribution in [2.75, 3.05) is 49.2 Å². The highest BCUT2D eigenvalue weighted by atomic mass is 19.1. The summed E-state index contributed by atoms with van der Waals surface area (Å²) in [6, 6.07) is 4.13. The number of carbonyl (C=O) groups excluding carboxylic acids is 2. The molecule has 1 aromatic rings. The number of esters is 1. The smallest absolute Gasteiger partial charge is 0.411 e. The summed E-state index contributed by atoms with van der Waals surface area (Å²) >= 11 is 0. The Hall–Kier alpha value is -2.88. The van der Waals surface area contributed by atoms with Crippen LogP contribution < -0.4 is 15.1 Å².